The van der Waals surface area contributed by atoms with Gasteiger partial charge >= 0.3 is 0 Å². The number of hydrazone groups is 1. The van der Waals surface area contributed by atoms with Gasteiger partial charge in [-0.2, -0.15) is 5.10 Å². The van der Waals surface area contributed by atoms with Gasteiger partial charge < -0.3 is 0 Å². The second kappa shape index (κ2) is 2.35. The molecule has 0 unspecified atom stereocenters. The van der Waals surface area contributed by atoms with Crippen molar-refractivity contribution in [3.8, 4) is 0 Å². The lowest BCUT2D eigenvalue weighted by Gasteiger charge is -2.17. The van der Waals surface area contributed by atoms with Gasteiger partial charge in [-0.1, -0.05) is 0 Å². The summed E-state index contributed by atoms with van der Waals surface area (Å²) in [4.78, 5) is 0. The number of rotatable bonds is 1. The Bertz CT molecular complexity index is 117. The fourth-order valence-electron chi connectivity index (χ4n) is 0.497. The van der Waals surface area contributed by atoms with Crippen LogP contribution in [-0.2, 0) is 0 Å². The summed E-state index contributed by atoms with van der Waals surface area (Å²) in [6.07, 6.45) is 5.45. The quantitative estimate of drug-likeness (QED) is 0.528. The molecule has 0 aromatic heterocycles. The van der Waals surface area contributed by atoms with E-state index in [-0.39, 0.29) is 0 Å². The molecule has 3 nitrogen and oxygen atoms in total. The van der Waals surface area contributed by atoms with Gasteiger partial charge in [-0.05, 0) is 13.0 Å². The largest absolute Gasteiger partial charge is 0.290 e. The van der Waals surface area contributed by atoms with E-state index in [2.05, 4.69) is 10.5 Å². The summed E-state index contributed by atoms with van der Waals surface area (Å²) in [6, 6.07) is 0. The van der Waals surface area contributed by atoms with Crippen LogP contribution in [0.4, 0.5) is 0 Å². The third kappa shape index (κ3) is 0.992. The molecule has 0 bridgehead atoms. The molecule has 3 heteroatoms. The van der Waals surface area contributed by atoms with E-state index >= 15 is 0 Å². The minimum atomic E-state index is 0.890. The molecule has 0 amide bonds. The highest BCUT2D eigenvalue weighted by atomic mass is 15.7. The highest BCUT2D eigenvalue weighted by Gasteiger charge is 1.91. The predicted molar refractivity (Wildman–Crippen MR) is 33.1 cm³/mol. The van der Waals surface area contributed by atoms with Gasteiger partial charge in [0.25, 0.3) is 0 Å². The Morgan fingerprint density at radius 1 is 1.75 bits per heavy atom. The summed E-state index contributed by atoms with van der Waals surface area (Å²) in [5, 5.41) is 5.71. The third-order valence-corrected chi connectivity index (χ3v) is 0.911. The predicted octanol–water partition coefficient (Wildman–Crippen LogP) is 0.326. The first-order chi connectivity index (χ1) is 3.93. The van der Waals surface area contributed by atoms with Crippen molar-refractivity contribution < 1.29 is 0 Å². The number of nitrogens with one attached hydrogen (secondary N) is 1. The van der Waals surface area contributed by atoms with Crippen molar-refractivity contribution >= 4 is 6.21 Å². The zero-order valence-electron chi connectivity index (χ0n) is 4.83. The van der Waals surface area contributed by atoms with Crippen molar-refractivity contribution in [3.05, 3.63) is 12.3 Å². The fraction of sp³-hybridized carbons (Fsp3) is 0.400. The summed E-state index contributed by atoms with van der Waals surface area (Å²) >= 11 is 0. The van der Waals surface area contributed by atoms with E-state index in [4.69, 9.17) is 0 Å². The lowest BCUT2D eigenvalue weighted by Crippen LogP contribution is -2.30. The first-order valence-corrected chi connectivity index (χ1v) is 2.66. The Hall–Kier alpha value is -0.990. The molecule has 0 aromatic rings. The van der Waals surface area contributed by atoms with Crippen LogP contribution < -0.4 is 5.43 Å². The van der Waals surface area contributed by atoms with Gasteiger partial charge in [-0.15, -0.1) is 0 Å². The first-order valence-electron chi connectivity index (χ1n) is 2.66. The van der Waals surface area contributed by atoms with Gasteiger partial charge in [0.05, 0.1) is 12.8 Å². The minimum absolute atomic E-state index is 0.890. The summed E-state index contributed by atoms with van der Waals surface area (Å²) in [5.74, 6) is 0. The number of hydrogen-bond donors (Lipinski definition) is 1. The molecule has 0 fully saturated rings. The zero-order valence-corrected chi connectivity index (χ0v) is 4.83. The molecule has 0 radical (unpaired) electrons. The van der Waals surface area contributed by atoms with E-state index in [1.165, 1.54) is 0 Å². The van der Waals surface area contributed by atoms with Gasteiger partial charge in [0.1, 0.15) is 0 Å². The van der Waals surface area contributed by atoms with Gasteiger partial charge in [0, 0.05) is 6.20 Å². The van der Waals surface area contributed by atoms with E-state index < -0.39 is 0 Å². The molecule has 0 atom stereocenters. The summed E-state index contributed by atoms with van der Waals surface area (Å²) < 4.78 is 0. The Kier molecular flexibility index (Phi) is 1.51. The normalized spacial score (nSPS) is 16.4. The van der Waals surface area contributed by atoms with Crippen molar-refractivity contribution in [2.24, 2.45) is 5.10 Å². The fourth-order valence-corrected chi connectivity index (χ4v) is 0.497. The molecule has 1 aliphatic rings. The molecule has 0 aliphatic carbocycles. The Morgan fingerprint density at radius 2 is 2.62 bits per heavy atom. The molecule has 0 aromatic carbocycles. The molecular weight excluding hydrogens is 102 g/mol. The Labute approximate surface area is 48.6 Å². The average Bonchev–Trinajstić information content (AvgIpc) is 1.90. The topological polar surface area (TPSA) is 27.6 Å². The SMILES string of the molecule is CCN1N=CC=CN1. The van der Waals surface area contributed by atoms with Gasteiger partial charge in [0.2, 0.25) is 0 Å². The number of hydrazine groups is 1. The highest BCUT2D eigenvalue weighted by molar-refractivity contribution is 5.70. The number of allylic oxidation sites excluding steroid dienone is 1. The first kappa shape index (κ1) is 5.15. The maximum absolute atomic E-state index is 3.96. The molecule has 1 heterocycles. The maximum atomic E-state index is 3.96. The van der Waals surface area contributed by atoms with E-state index in [9.17, 15) is 0 Å². The van der Waals surface area contributed by atoms with Crippen molar-refractivity contribution in [2.45, 2.75) is 6.92 Å². The standard InChI is InChI=1S/C5H9N3/c1-2-8-6-4-3-5-7-8/h3-6H,2H2,1H3. The van der Waals surface area contributed by atoms with Crippen molar-refractivity contribution in [3.63, 3.8) is 0 Å². The summed E-state index contributed by atoms with van der Waals surface area (Å²) in [7, 11) is 0. The second-order valence-corrected chi connectivity index (χ2v) is 1.47. The van der Waals surface area contributed by atoms with Crippen LogP contribution in [-0.4, -0.2) is 17.9 Å². The van der Waals surface area contributed by atoms with Crippen molar-refractivity contribution in [1.29, 1.82) is 0 Å². The Morgan fingerprint density at radius 3 is 3.00 bits per heavy atom. The third-order valence-electron chi connectivity index (χ3n) is 0.911. The lowest BCUT2D eigenvalue weighted by atomic mass is 10.6. The lowest BCUT2D eigenvalue weighted by molar-refractivity contribution is 0.245. The molecule has 0 saturated heterocycles. The van der Waals surface area contributed by atoms with Crippen LogP contribution in [0.3, 0.4) is 0 Å². The molecule has 44 valence electrons. The van der Waals surface area contributed by atoms with Crippen molar-refractivity contribution in [1.82, 2.24) is 10.5 Å². The van der Waals surface area contributed by atoms with E-state index in [0.717, 1.165) is 6.54 Å². The Balaban J connectivity index is 2.40. The zero-order chi connectivity index (χ0) is 5.82. The molecular formula is C5H9N3. The van der Waals surface area contributed by atoms with Crippen LogP contribution in [0.25, 0.3) is 0 Å². The minimum Gasteiger partial charge on any atom is -0.290 e. The molecule has 0 saturated carbocycles. The van der Waals surface area contributed by atoms with Crippen LogP contribution in [0.15, 0.2) is 17.4 Å². The van der Waals surface area contributed by atoms with E-state index in [0.29, 0.717) is 0 Å². The van der Waals surface area contributed by atoms with Crippen LogP contribution in [0.2, 0.25) is 0 Å². The van der Waals surface area contributed by atoms with Gasteiger partial charge in [-0.3, -0.25) is 5.43 Å². The summed E-state index contributed by atoms with van der Waals surface area (Å²) in [5.41, 5.74) is 2.92. The van der Waals surface area contributed by atoms with Gasteiger partial charge in [-0.25, -0.2) is 5.12 Å². The number of hydrogen-bond acceptors (Lipinski definition) is 3. The molecule has 0 spiro atoms. The van der Waals surface area contributed by atoms with E-state index in [1.807, 2.05) is 19.2 Å². The smallest absolute Gasteiger partial charge is 0.0556 e. The summed E-state index contributed by atoms with van der Waals surface area (Å²) in [6.45, 7) is 2.92. The van der Waals surface area contributed by atoms with Crippen LogP contribution in [0, 0.1) is 0 Å². The van der Waals surface area contributed by atoms with Crippen molar-refractivity contribution in [2.75, 3.05) is 6.54 Å². The molecule has 1 rings (SSSR count). The second-order valence-electron chi connectivity index (χ2n) is 1.47. The monoisotopic (exact) mass is 111 g/mol. The van der Waals surface area contributed by atoms with Crippen LogP contribution in [0.1, 0.15) is 6.92 Å². The van der Waals surface area contributed by atoms with Crippen LogP contribution >= 0.6 is 0 Å². The average molecular weight is 111 g/mol. The number of nitrogens with zero attached hydrogens (tertiary/aromatic N) is 2. The van der Waals surface area contributed by atoms with E-state index in [1.54, 1.807) is 11.3 Å². The van der Waals surface area contributed by atoms with Gasteiger partial charge in [0.15, 0.2) is 0 Å². The molecule has 1 N–H and O–H groups in total. The van der Waals surface area contributed by atoms with Crippen LogP contribution in [0.5, 0.6) is 0 Å². The maximum Gasteiger partial charge on any atom is 0.0556 e. The highest BCUT2D eigenvalue weighted by Crippen LogP contribution is 1.85. The molecule has 8 heavy (non-hydrogen) atoms. The molecule has 1 aliphatic heterocycles.